The number of nitrogens with one attached hydrogen (secondary N) is 1. The summed E-state index contributed by atoms with van der Waals surface area (Å²) in [4.78, 5) is 23.9. The second kappa shape index (κ2) is 5.58. The Bertz CT molecular complexity index is 629. The third-order valence-corrected chi connectivity index (χ3v) is 2.81. The second-order valence-electron chi connectivity index (χ2n) is 3.81. The minimum atomic E-state index is -0.317. The van der Waals surface area contributed by atoms with Gasteiger partial charge >= 0.3 is 0 Å². The quantitative estimate of drug-likeness (QED) is 0.668. The average molecular weight is 278 g/mol. The molecule has 0 aliphatic rings. The monoisotopic (exact) mass is 277 g/mol. The van der Waals surface area contributed by atoms with Crippen LogP contribution in [0.4, 0.5) is 0 Å². The van der Waals surface area contributed by atoms with Gasteiger partial charge in [0.25, 0.3) is 5.56 Å². The molecule has 1 aromatic carbocycles. The number of hydrogen-bond donors (Lipinski definition) is 1. The minimum absolute atomic E-state index is 0. The summed E-state index contributed by atoms with van der Waals surface area (Å²) in [5.41, 5.74) is 0.879. The number of hydrogen-bond acceptors (Lipinski definition) is 2. The SMILES string of the molecule is Cc1[nH]n(C)c(=O)c1C(=O)c1ccc(Cl)cc1.[Al]. The third kappa shape index (κ3) is 2.59. The maximum atomic E-state index is 12.1. The summed E-state index contributed by atoms with van der Waals surface area (Å²) in [6, 6.07) is 6.47. The molecule has 6 heteroatoms. The van der Waals surface area contributed by atoms with Gasteiger partial charge in [-0.1, -0.05) is 11.6 Å². The Labute approximate surface area is 120 Å². The predicted molar refractivity (Wildman–Crippen MR) is 71.4 cm³/mol. The van der Waals surface area contributed by atoms with Crippen molar-refractivity contribution in [3.8, 4) is 0 Å². The molecule has 0 saturated carbocycles. The summed E-state index contributed by atoms with van der Waals surface area (Å²) >= 11 is 5.75. The van der Waals surface area contributed by atoms with E-state index < -0.39 is 0 Å². The van der Waals surface area contributed by atoms with E-state index in [9.17, 15) is 9.59 Å². The lowest BCUT2D eigenvalue weighted by Crippen LogP contribution is -2.19. The van der Waals surface area contributed by atoms with Crippen molar-refractivity contribution in [3.05, 3.63) is 56.5 Å². The Morgan fingerprint density at radius 3 is 2.28 bits per heavy atom. The summed E-state index contributed by atoms with van der Waals surface area (Å²) in [6.07, 6.45) is 0. The Hall–Kier alpha value is -1.28. The van der Waals surface area contributed by atoms with Crippen molar-refractivity contribution in [1.29, 1.82) is 0 Å². The van der Waals surface area contributed by atoms with Crippen LogP contribution in [-0.2, 0) is 7.05 Å². The topological polar surface area (TPSA) is 54.9 Å². The van der Waals surface area contributed by atoms with Gasteiger partial charge in [0.05, 0.1) is 0 Å². The van der Waals surface area contributed by atoms with Crippen LogP contribution in [0.1, 0.15) is 21.6 Å². The smallest absolute Gasteiger partial charge is 0.277 e. The lowest BCUT2D eigenvalue weighted by Gasteiger charge is -1.98. The van der Waals surface area contributed by atoms with Crippen molar-refractivity contribution in [2.75, 3.05) is 0 Å². The zero-order chi connectivity index (χ0) is 12.6. The van der Waals surface area contributed by atoms with Gasteiger partial charge in [0.2, 0.25) is 0 Å². The number of aromatic amines is 1. The highest BCUT2D eigenvalue weighted by Gasteiger charge is 2.18. The van der Waals surface area contributed by atoms with E-state index in [1.165, 1.54) is 4.68 Å². The van der Waals surface area contributed by atoms with Gasteiger partial charge in [-0.3, -0.25) is 19.4 Å². The zero-order valence-corrected chi connectivity index (χ0v) is 11.9. The molecule has 91 valence electrons. The molecule has 0 atom stereocenters. The van der Waals surface area contributed by atoms with Crippen LogP contribution in [0.15, 0.2) is 29.1 Å². The van der Waals surface area contributed by atoms with E-state index in [1.807, 2.05) is 0 Å². The van der Waals surface area contributed by atoms with E-state index in [-0.39, 0.29) is 34.3 Å². The maximum absolute atomic E-state index is 12.1. The van der Waals surface area contributed by atoms with Gasteiger partial charge in [-0.25, -0.2) is 0 Å². The predicted octanol–water partition coefficient (Wildman–Crippen LogP) is 1.53. The van der Waals surface area contributed by atoms with E-state index >= 15 is 0 Å². The molecule has 0 fully saturated rings. The highest BCUT2D eigenvalue weighted by molar-refractivity contribution is 6.30. The first-order valence-electron chi connectivity index (χ1n) is 5.06. The molecule has 4 nitrogen and oxygen atoms in total. The van der Waals surface area contributed by atoms with Gasteiger partial charge in [-0.05, 0) is 31.2 Å². The number of aryl methyl sites for hydroxylation is 2. The number of carbonyl (C=O) groups is 1. The van der Waals surface area contributed by atoms with Gasteiger partial charge in [0.15, 0.2) is 5.78 Å². The lowest BCUT2D eigenvalue weighted by atomic mass is 10.0. The van der Waals surface area contributed by atoms with Crippen LogP contribution in [-0.4, -0.2) is 32.9 Å². The summed E-state index contributed by atoms with van der Waals surface area (Å²) in [6.45, 7) is 1.70. The molecule has 2 aromatic rings. The molecule has 1 aromatic heterocycles. The lowest BCUT2D eigenvalue weighted by molar-refractivity contribution is 0.103. The molecule has 0 spiro atoms. The second-order valence-corrected chi connectivity index (χ2v) is 4.25. The minimum Gasteiger partial charge on any atom is -0.299 e. The summed E-state index contributed by atoms with van der Waals surface area (Å²) < 4.78 is 1.29. The molecule has 0 bridgehead atoms. The molecule has 0 amide bonds. The van der Waals surface area contributed by atoms with Crippen molar-refractivity contribution in [3.63, 3.8) is 0 Å². The summed E-state index contributed by atoms with van der Waals surface area (Å²) in [7, 11) is 1.58. The number of benzene rings is 1. The van der Waals surface area contributed by atoms with Gasteiger partial charge in [-0.2, -0.15) is 0 Å². The van der Waals surface area contributed by atoms with Crippen LogP contribution in [0.5, 0.6) is 0 Å². The number of H-pyrrole nitrogens is 1. The highest BCUT2D eigenvalue weighted by atomic mass is 35.5. The molecule has 0 aliphatic carbocycles. The molecule has 0 aliphatic heterocycles. The first kappa shape index (κ1) is 14.8. The summed E-state index contributed by atoms with van der Waals surface area (Å²) in [5, 5.41) is 3.35. The Morgan fingerprint density at radius 2 is 1.83 bits per heavy atom. The number of nitrogens with zero attached hydrogens (tertiary/aromatic N) is 1. The van der Waals surface area contributed by atoms with E-state index in [0.29, 0.717) is 16.3 Å². The number of rotatable bonds is 2. The first-order chi connectivity index (χ1) is 8.00. The molecule has 18 heavy (non-hydrogen) atoms. The number of aromatic nitrogens is 2. The molecule has 2 rings (SSSR count). The van der Waals surface area contributed by atoms with Crippen molar-refractivity contribution in [2.45, 2.75) is 6.92 Å². The number of carbonyl (C=O) groups excluding carboxylic acids is 1. The number of halogens is 1. The van der Waals surface area contributed by atoms with Gasteiger partial charge in [0, 0.05) is 40.7 Å². The van der Waals surface area contributed by atoms with Crippen LogP contribution in [0, 0.1) is 6.92 Å². The third-order valence-electron chi connectivity index (χ3n) is 2.56. The first-order valence-corrected chi connectivity index (χ1v) is 5.44. The van der Waals surface area contributed by atoms with Gasteiger partial charge in [-0.15, -0.1) is 0 Å². The molecule has 1 N–H and O–H groups in total. The molecule has 3 radical (unpaired) electrons. The number of ketones is 1. The normalized spacial score (nSPS) is 9.94. The van der Waals surface area contributed by atoms with Crippen LogP contribution < -0.4 is 5.56 Å². The largest absolute Gasteiger partial charge is 0.299 e. The van der Waals surface area contributed by atoms with Crippen molar-refractivity contribution < 1.29 is 4.79 Å². The van der Waals surface area contributed by atoms with E-state index in [4.69, 9.17) is 11.6 Å². The van der Waals surface area contributed by atoms with Crippen LogP contribution >= 0.6 is 11.6 Å². The van der Waals surface area contributed by atoms with Crippen molar-refractivity contribution in [2.24, 2.45) is 7.05 Å². The van der Waals surface area contributed by atoms with E-state index in [0.717, 1.165) is 0 Å². The van der Waals surface area contributed by atoms with Crippen LogP contribution in [0.3, 0.4) is 0 Å². The Kier molecular flexibility index (Phi) is 4.58. The fourth-order valence-corrected chi connectivity index (χ4v) is 1.83. The maximum Gasteiger partial charge on any atom is 0.277 e. The van der Waals surface area contributed by atoms with Crippen molar-refractivity contribution in [1.82, 2.24) is 9.78 Å². The van der Waals surface area contributed by atoms with Crippen LogP contribution in [0.2, 0.25) is 5.02 Å². The fraction of sp³-hybridized carbons (Fsp3) is 0.167. The van der Waals surface area contributed by atoms with Gasteiger partial charge in [0.1, 0.15) is 5.56 Å². The highest BCUT2D eigenvalue weighted by Crippen LogP contribution is 2.13. The molecule has 1 heterocycles. The molecular formula is C12H11AlClN2O2. The Morgan fingerprint density at radius 1 is 1.28 bits per heavy atom. The van der Waals surface area contributed by atoms with Crippen LogP contribution in [0.25, 0.3) is 0 Å². The van der Waals surface area contributed by atoms with E-state index in [2.05, 4.69) is 5.10 Å². The van der Waals surface area contributed by atoms with Crippen molar-refractivity contribution >= 4 is 34.7 Å². The standard InChI is InChI=1S/C12H11ClN2O2.Al/c1-7-10(12(17)15(2)14-7)11(16)8-3-5-9(13)6-4-8;/h3-6,14H,1-2H3;. The van der Waals surface area contributed by atoms with Gasteiger partial charge < -0.3 is 0 Å². The average Bonchev–Trinajstić information content (AvgIpc) is 2.53. The molecule has 0 saturated heterocycles. The summed E-state index contributed by atoms with van der Waals surface area (Å²) in [5.74, 6) is -0.291. The molecule has 0 unspecified atom stereocenters. The molecular weight excluding hydrogens is 267 g/mol. The van der Waals surface area contributed by atoms with E-state index in [1.54, 1.807) is 38.2 Å². The fourth-order valence-electron chi connectivity index (χ4n) is 1.70. The Balaban J connectivity index is 0.00000162. The zero-order valence-electron chi connectivity index (χ0n) is 10.0.